The molecule has 0 radical (unpaired) electrons. The van der Waals surface area contributed by atoms with Crippen LogP contribution < -0.4 is 10.6 Å². The average molecular weight is 366 g/mol. The van der Waals surface area contributed by atoms with E-state index in [4.69, 9.17) is 0 Å². The third-order valence-electron chi connectivity index (χ3n) is 4.18. The highest BCUT2D eigenvalue weighted by molar-refractivity contribution is 7.09. The fourth-order valence-corrected chi connectivity index (χ4v) is 3.55. The Morgan fingerprint density at radius 2 is 2.08 bits per heavy atom. The van der Waals surface area contributed by atoms with Crippen LogP contribution in [0.3, 0.4) is 0 Å². The van der Waals surface area contributed by atoms with Crippen LogP contribution in [0.25, 0.3) is 0 Å². The number of hydrogen-bond acceptors (Lipinski definition) is 4. The standard InChI is InChI=1S/C18H23N3OS.ClH/c1-11(2)18-20-15(10-23-18)9-19-12(3)13-4-6-16-14(8-13)5-7-17(22)21-16;/h4,6,8,10-12,19H,5,7,9H2,1-3H3,(H,21,22);1H. The smallest absolute Gasteiger partial charge is 0.224 e. The fourth-order valence-electron chi connectivity index (χ4n) is 2.72. The zero-order chi connectivity index (χ0) is 16.4. The van der Waals surface area contributed by atoms with Crippen molar-refractivity contribution in [1.29, 1.82) is 0 Å². The number of hydrogen-bond donors (Lipinski definition) is 2. The molecule has 0 bridgehead atoms. The second kappa shape index (κ2) is 8.10. The number of benzene rings is 1. The van der Waals surface area contributed by atoms with Gasteiger partial charge < -0.3 is 10.6 Å². The Morgan fingerprint density at radius 3 is 2.79 bits per heavy atom. The van der Waals surface area contributed by atoms with Gasteiger partial charge in [-0.15, -0.1) is 23.7 Å². The van der Waals surface area contributed by atoms with E-state index in [9.17, 15) is 4.79 Å². The maximum atomic E-state index is 11.4. The summed E-state index contributed by atoms with van der Waals surface area (Å²) in [5.41, 5.74) is 4.54. The van der Waals surface area contributed by atoms with Gasteiger partial charge in [0.25, 0.3) is 0 Å². The molecule has 6 heteroatoms. The summed E-state index contributed by atoms with van der Waals surface area (Å²) in [6.45, 7) is 7.28. The maximum absolute atomic E-state index is 11.4. The largest absolute Gasteiger partial charge is 0.326 e. The zero-order valence-electron chi connectivity index (χ0n) is 14.3. The molecule has 0 aliphatic carbocycles. The molecule has 0 saturated carbocycles. The highest BCUT2D eigenvalue weighted by Gasteiger charge is 2.16. The lowest BCUT2D eigenvalue weighted by molar-refractivity contribution is -0.116. The maximum Gasteiger partial charge on any atom is 0.224 e. The predicted molar refractivity (Wildman–Crippen MR) is 102 cm³/mol. The van der Waals surface area contributed by atoms with E-state index in [0.29, 0.717) is 12.3 Å². The van der Waals surface area contributed by atoms with Crippen molar-refractivity contribution >= 4 is 35.3 Å². The molecular weight excluding hydrogens is 342 g/mol. The lowest BCUT2D eigenvalue weighted by atomic mass is 9.98. The molecule has 2 heterocycles. The molecule has 1 unspecified atom stereocenters. The number of anilines is 1. The van der Waals surface area contributed by atoms with E-state index in [1.165, 1.54) is 16.1 Å². The molecule has 0 saturated heterocycles. The number of carbonyl (C=O) groups excluding carboxylic acids is 1. The van der Waals surface area contributed by atoms with Crippen LogP contribution in [0.5, 0.6) is 0 Å². The number of nitrogens with zero attached hydrogens (tertiary/aromatic N) is 1. The topological polar surface area (TPSA) is 54.0 Å². The number of rotatable bonds is 5. The zero-order valence-corrected chi connectivity index (χ0v) is 15.9. The molecule has 0 spiro atoms. The first-order chi connectivity index (χ1) is 11.0. The molecule has 2 aromatic rings. The molecular formula is C18H24ClN3OS. The predicted octanol–water partition coefficient (Wildman–Crippen LogP) is 4.42. The summed E-state index contributed by atoms with van der Waals surface area (Å²) in [5, 5.41) is 9.80. The van der Waals surface area contributed by atoms with Crippen molar-refractivity contribution in [2.24, 2.45) is 0 Å². The Bertz CT molecular complexity index is 714. The van der Waals surface area contributed by atoms with Gasteiger partial charge in [-0.25, -0.2) is 4.98 Å². The van der Waals surface area contributed by atoms with Gasteiger partial charge in [-0.1, -0.05) is 26.0 Å². The fraction of sp³-hybridized carbons (Fsp3) is 0.444. The summed E-state index contributed by atoms with van der Waals surface area (Å²) in [6, 6.07) is 6.55. The molecule has 1 aliphatic heterocycles. The van der Waals surface area contributed by atoms with Crippen LogP contribution in [0, 0.1) is 0 Å². The van der Waals surface area contributed by atoms with Crippen LogP contribution in [0.15, 0.2) is 23.6 Å². The number of fused-ring (bicyclic) bond motifs is 1. The molecule has 1 atom stereocenters. The summed E-state index contributed by atoms with van der Waals surface area (Å²) in [5.74, 6) is 0.600. The monoisotopic (exact) mass is 365 g/mol. The summed E-state index contributed by atoms with van der Waals surface area (Å²) >= 11 is 1.73. The van der Waals surface area contributed by atoms with Crippen molar-refractivity contribution in [3.63, 3.8) is 0 Å². The first-order valence-electron chi connectivity index (χ1n) is 8.13. The lowest BCUT2D eigenvalue weighted by Crippen LogP contribution is -2.21. The second-order valence-corrected chi connectivity index (χ2v) is 7.29. The minimum Gasteiger partial charge on any atom is -0.326 e. The van der Waals surface area contributed by atoms with Crippen molar-refractivity contribution < 1.29 is 4.79 Å². The van der Waals surface area contributed by atoms with Gasteiger partial charge in [0.15, 0.2) is 0 Å². The quantitative estimate of drug-likeness (QED) is 0.824. The number of carbonyl (C=O) groups is 1. The molecule has 130 valence electrons. The third-order valence-corrected chi connectivity index (χ3v) is 5.37. The van der Waals surface area contributed by atoms with Crippen LogP contribution in [0.1, 0.15) is 61.0 Å². The van der Waals surface area contributed by atoms with Gasteiger partial charge >= 0.3 is 0 Å². The molecule has 4 nitrogen and oxygen atoms in total. The van der Waals surface area contributed by atoms with Crippen LogP contribution in [-0.2, 0) is 17.8 Å². The number of thiazole rings is 1. The summed E-state index contributed by atoms with van der Waals surface area (Å²) in [6.07, 6.45) is 1.40. The summed E-state index contributed by atoms with van der Waals surface area (Å²) < 4.78 is 0. The Labute approximate surface area is 153 Å². The second-order valence-electron chi connectivity index (χ2n) is 6.40. The Balaban J connectivity index is 0.00000208. The van der Waals surface area contributed by atoms with E-state index in [1.54, 1.807) is 11.3 Å². The number of nitrogens with one attached hydrogen (secondary N) is 2. The highest BCUT2D eigenvalue weighted by atomic mass is 35.5. The minimum atomic E-state index is 0. The number of aryl methyl sites for hydroxylation is 1. The molecule has 1 aromatic carbocycles. The lowest BCUT2D eigenvalue weighted by Gasteiger charge is -2.20. The van der Waals surface area contributed by atoms with Gasteiger partial charge in [0, 0.05) is 36.0 Å². The van der Waals surface area contributed by atoms with Crippen molar-refractivity contribution in [1.82, 2.24) is 10.3 Å². The molecule has 2 N–H and O–H groups in total. The average Bonchev–Trinajstić information content (AvgIpc) is 3.01. The third kappa shape index (κ3) is 4.35. The summed E-state index contributed by atoms with van der Waals surface area (Å²) in [4.78, 5) is 16.1. The van der Waals surface area contributed by atoms with Crippen molar-refractivity contribution in [3.8, 4) is 0 Å². The van der Waals surface area contributed by atoms with Crippen LogP contribution in [0.4, 0.5) is 5.69 Å². The first-order valence-corrected chi connectivity index (χ1v) is 9.01. The molecule has 24 heavy (non-hydrogen) atoms. The number of aromatic nitrogens is 1. The van der Waals surface area contributed by atoms with E-state index >= 15 is 0 Å². The van der Waals surface area contributed by atoms with Crippen LogP contribution in [-0.4, -0.2) is 10.9 Å². The van der Waals surface area contributed by atoms with Crippen molar-refractivity contribution in [2.75, 3.05) is 5.32 Å². The minimum absolute atomic E-state index is 0. The normalized spacial score (nSPS) is 14.8. The van der Waals surface area contributed by atoms with Gasteiger partial charge in [0.2, 0.25) is 5.91 Å². The molecule has 3 rings (SSSR count). The molecule has 1 amide bonds. The van der Waals surface area contributed by atoms with E-state index in [0.717, 1.165) is 24.3 Å². The molecule has 1 aromatic heterocycles. The Kier molecular flexibility index (Phi) is 6.38. The van der Waals surface area contributed by atoms with Gasteiger partial charge in [0.1, 0.15) is 0 Å². The van der Waals surface area contributed by atoms with Crippen molar-refractivity contribution in [3.05, 3.63) is 45.4 Å². The van der Waals surface area contributed by atoms with Crippen LogP contribution >= 0.6 is 23.7 Å². The van der Waals surface area contributed by atoms with E-state index in [-0.39, 0.29) is 24.4 Å². The first kappa shape index (κ1) is 18.9. The number of halogens is 1. The summed E-state index contributed by atoms with van der Waals surface area (Å²) in [7, 11) is 0. The van der Waals surface area contributed by atoms with Gasteiger partial charge in [-0.05, 0) is 30.5 Å². The molecule has 0 fully saturated rings. The van der Waals surface area contributed by atoms with Crippen molar-refractivity contribution in [2.45, 2.75) is 52.1 Å². The van der Waals surface area contributed by atoms with Crippen LogP contribution in [0.2, 0.25) is 0 Å². The van der Waals surface area contributed by atoms with E-state index in [1.807, 2.05) is 6.07 Å². The highest BCUT2D eigenvalue weighted by Crippen LogP contribution is 2.26. The molecule has 1 aliphatic rings. The van der Waals surface area contributed by atoms with Gasteiger partial charge in [-0.3, -0.25) is 4.79 Å². The van der Waals surface area contributed by atoms with E-state index in [2.05, 4.69) is 53.9 Å². The SMILES string of the molecule is CC(C)c1nc(CNC(C)c2ccc3c(c2)CCC(=O)N3)cs1.Cl. The Hall–Kier alpha value is -1.43. The van der Waals surface area contributed by atoms with E-state index < -0.39 is 0 Å². The Morgan fingerprint density at radius 1 is 1.29 bits per heavy atom. The van der Waals surface area contributed by atoms with Gasteiger partial charge in [-0.2, -0.15) is 0 Å². The number of amides is 1. The van der Waals surface area contributed by atoms with Gasteiger partial charge in [0.05, 0.1) is 10.7 Å².